The summed E-state index contributed by atoms with van der Waals surface area (Å²) in [4.78, 5) is 0. The van der Waals surface area contributed by atoms with Crippen LogP contribution in [0.2, 0.25) is 0 Å². The second-order valence-electron chi connectivity index (χ2n) is 4.53. The zero-order valence-electron chi connectivity index (χ0n) is 11.1. The molecular weight excluding hydrogens is 398 g/mol. The Morgan fingerprint density at radius 3 is 2.76 bits per heavy atom. The molecule has 1 heterocycles. The number of tetrazole rings is 1. The van der Waals surface area contributed by atoms with Crippen molar-refractivity contribution in [2.24, 2.45) is 0 Å². The summed E-state index contributed by atoms with van der Waals surface area (Å²) >= 11 is 7.00. The van der Waals surface area contributed by atoms with Gasteiger partial charge in [0.2, 0.25) is 0 Å². The Morgan fingerprint density at radius 2 is 1.95 bits per heavy atom. The summed E-state index contributed by atoms with van der Waals surface area (Å²) in [5.41, 5.74) is 9.41. The van der Waals surface area contributed by atoms with Gasteiger partial charge in [0.25, 0.3) is 0 Å². The number of hydrogen-bond acceptors (Lipinski definition) is 4. The molecule has 3 aromatic rings. The van der Waals surface area contributed by atoms with Gasteiger partial charge in [-0.2, -0.15) is 4.68 Å². The minimum absolute atomic E-state index is 0.651. The molecule has 0 radical (unpaired) electrons. The fourth-order valence-corrected chi connectivity index (χ4v) is 2.82. The van der Waals surface area contributed by atoms with E-state index in [9.17, 15) is 0 Å². The summed E-state index contributed by atoms with van der Waals surface area (Å²) in [6.07, 6.45) is 0. The van der Waals surface area contributed by atoms with Gasteiger partial charge in [-0.15, -0.1) is 5.10 Å². The Balaban J connectivity index is 2.22. The third-order valence-corrected chi connectivity index (χ3v) is 4.39. The van der Waals surface area contributed by atoms with E-state index in [4.69, 9.17) is 5.73 Å². The molecule has 0 fully saturated rings. The van der Waals surface area contributed by atoms with E-state index in [0.29, 0.717) is 5.82 Å². The summed E-state index contributed by atoms with van der Waals surface area (Å²) in [5, 5.41) is 12.0. The highest BCUT2D eigenvalue weighted by atomic mass is 79.9. The van der Waals surface area contributed by atoms with Crippen molar-refractivity contribution in [2.45, 2.75) is 6.92 Å². The molecular formula is C14H11Br2N5. The molecule has 2 aromatic carbocycles. The molecule has 2 N–H and O–H groups in total. The van der Waals surface area contributed by atoms with Crippen molar-refractivity contribution in [3.05, 3.63) is 50.9 Å². The van der Waals surface area contributed by atoms with E-state index in [1.54, 1.807) is 4.68 Å². The van der Waals surface area contributed by atoms with Gasteiger partial charge >= 0.3 is 0 Å². The number of halogens is 2. The van der Waals surface area contributed by atoms with Crippen LogP contribution in [0.3, 0.4) is 0 Å². The van der Waals surface area contributed by atoms with Gasteiger partial charge in [-0.1, -0.05) is 28.1 Å². The van der Waals surface area contributed by atoms with E-state index in [-0.39, 0.29) is 0 Å². The fourth-order valence-electron chi connectivity index (χ4n) is 2.06. The zero-order valence-corrected chi connectivity index (χ0v) is 14.3. The first kappa shape index (κ1) is 14.2. The Bertz CT molecular complexity index is 796. The van der Waals surface area contributed by atoms with Crippen LogP contribution in [0.4, 0.5) is 5.69 Å². The molecule has 5 nitrogen and oxygen atoms in total. The molecule has 0 aliphatic carbocycles. The van der Waals surface area contributed by atoms with Crippen LogP contribution in [-0.4, -0.2) is 20.2 Å². The number of anilines is 1. The number of rotatable bonds is 2. The molecule has 3 rings (SSSR count). The Morgan fingerprint density at radius 1 is 1.14 bits per heavy atom. The van der Waals surface area contributed by atoms with Crippen LogP contribution in [0.5, 0.6) is 0 Å². The number of nitrogens with two attached hydrogens (primary N) is 1. The molecule has 7 heteroatoms. The summed E-state index contributed by atoms with van der Waals surface area (Å²) in [5.74, 6) is 0.651. The van der Waals surface area contributed by atoms with Crippen molar-refractivity contribution in [1.29, 1.82) is 0 Å². The number of nitrogen functional groups attached to an aromatic ring is 1. The minimum atomic E-state index is 0.651. The molecule has 0 bridgehead atoms. The topological polar surface area (TPSA) is 69.6 Å². The van der Waals surface area contributed by atoms with Crippen molar-refractivity contribution in [3.8, 4) is 17.1 Å². The average Bonchev–Trinajstić information content (AvgIpc) is 2.93. The number of benzene rings is 2. The monoisotopic (exact) mass is 407 g/mol. The molecule has 106 valence electrons. The quantitative estimate of drug-likeness (QED) is 0.655. The van der Waals surface area contributed by atoms with Gasteiger partial charge in [0, 0.05) is 20.2 Å². The van der Waals surface area contributed by atoms with Crippen LogP contribution < -0.4 is 5.73 Å². The highest BCUT2D eigenvalue weighted by Crippen LogP contribution is 2.30. The lowest BCUT2D eigenvalue weighted by atomic mass is 10.1. The third-order valence-electron chi connectivity index (χ3n) is 3.22. The first-order chi connectivity index (χ1) is 10.1. The van der Waals surface area contributed by atoms with Gasteiger partial charge in [-0.25, -0.2) is 0 Å². The fraction of sp³-hybridized carbons (Fsp3) is 0.0714. The molecule has 0 aliphatic rings. The predicted molar refractivity (Wildman–Crippen MR) is 89.1 cm³/mol. The largest absolute Gasteiger partial charge is 0.398 e. The van der Waals surface area contributed by atoms with Gasteiger partial charge in [-0.3, -0.25) is 0 Å². The normalized spacial score (nSPS) is 10.8. The molecule has 0 amide bonds. The highest BCUT2D eigenvalue weighted by Gasteiger charge is 2.16. The summed E-state index contributed by atoms with van der Waals surface area (Å²) in [6, 6.07) is 11.6. The van der Waals surface area contributed by atoms with Crippen LogP contribution in [-0.2, 0) is 0 Å². The zero-order chi connectivity index (χ0) is 15.0. The lowest BCUT2D eigenvalue weighted by Crippen LogP contribution is -2.02. The summed E-state index contributed by atoms with van der Waals surface area (Å²) < 4.78 is 3.55. The molecule has 0 unspecified atom stereocenters. The van der Waals surface area contributed by atoms with Crippen LogP contribution in [0.15, 0.2) is 45.3 Å². The lowest BCUT2D eigenvalue weighted by Gasteiger charge is -2.10. The number of hydrogen-bond donors (Lipinski definition) is 1. The van der Waals surface area contributed by atoms with Gasteiger partial charge in [0.05, 0.1) is 5.69 Å². The van der Waals surface area contributed by atoms with Crippen LogP contribution in [0, 0.1) is 6.92 Å². The SMILES string of the molecule is Cc1c(N)cccc1-c1nnnn1-c1cc(Br)ccc1Br. The minimum Gasteiger partial charge on any atom is -0.398 e. The van der Waals surface area contributed by atoms with Crippen LogP contribution in [0.1, 0.15) is 5.56 Å². The maximum absolute atomic E-state index is 5.97. The summed E-state index contributed by atoms with van der Waals surface area (Å²) in [6.45, 7) is 1.96. The van der Waals surface area contributed by atoms with Crippen molar-refractivity contribution < 1.29 is 0 Å². The van der Waals surface area contributed by atoms with E-state index in [2.05, 4.69) is 47.4 Å². The van der Waals surface area contributed by atoms with Gasteiger partial charge in [0.15, 0.2) is 5.82 Å². The molecule has 0 spiro atoms. The van der Waals surface area contributed by atoms with Crippen molar-refractivity contribution >= 4 is 37.5 Å². The van der Waals surface area contributed by atoms with Crippen LogP contribution >= 0.6 is 31.9 Å². The van der Waals surface area contributed by atoms with E-state index in [0.717, 1.165) is 31.4 Å². The predicted octanol–water partition coefficient (Wildman–Crippen LogP) is 3.74. The molecule has 0 atom stereocenters. The maximum Gasteiger partial charge on any atom is 0.187 e. The average molecular weight is 409 g/mol. The number of aromatic nitrogens is 4. The number of nitrogens with zero attached hydrogens (tertiary/aromatic N) is 4. The van der Waals surface area contributed by atoms with E-state index < -0.39 is 0 Å². The van der Waals surface area contributed by atoms with E-state index >= 15 is 0 Å². The Kier molecular flexibility index (Phi) is 3.77. The second kappa shape index (κ2) is 5.57. The molecule has 0 saturated heterocycles. The smallest absolute Gasteiger partial charge is 0.187 e. The second-order valence-corrected chi connectivity index (χ2v) is 6.30. The molecule has 1 aromatic heterocycles. The lowest BCUT2D eigenvalue weighted by molar-refractivity contribution is 0.788. The van der Waals surface area contributed by atoms with Crippen molar-refractivity contribution in [3.63, 3.8) is 0 Å². The molecule has 21 heavy (non-hydrogen) atoms. The first-order valence-electron chi connectivity index (χ1n) is 6.17. The first-order valence-corrected chi connectivity index (χ1v) is 7.76. The van der Waals surface area contributed by atoms with E-state index in [1.165, 1.54) is 0 Å². The molecule has 0 aliphatic heterocycles. The van der Waals surface area contributed by atoms with Crippen molar-refractivity contribution in [2.75, 3.05) is 5.73 Å². The van der Waals surface area contributed by atoms with Gasteiger partial charge in [-0.05, 0) is 63.1 Å². The van der Waals surface area contributed by atoms with Crippen molar-refractivity contribution in [1.82, 2.24) is 20.2 Å². The Labute approximate surface area is 138 Å². The third kappa shape index (κ3) is 2.58. The molecule has 0 saturated carbocycles. The standard InChI is InChI=1S/C14H11Br2N5/c1-8-10(3-2-4-12(8)17)14-18-19-20-21(14)13-7-9(15)5-6-11(13)16/h2-7H,17H2,1H3. The maximum atomic E-state index is 5.97. The van der Waals surface area contributed by atoms with E-state index in [1.807, 2.05) is 43.3 Å². The Hall–Kier alpha value is -1.73. The van der Waals surface area contributed by atoms with Gasteiger partial charge in [0.1, 0.15) is 0 Å². The van der Waals surface area contributed by atoms with Gasteiger partial charge < -0.3 is 5.73 Å². The van der Waals surface area contributed by atoms with Crippen LogP contribution in [0.25, 0.3) is 17.1 Å². The summed E-state index contributed by atoms with van der Waals surface area (Å²) in [7, 11) is 0. The highest BCUT2D eigenvalue weighted by molar-refractivity contribution is 9.11.